The summed E-state index contributed by atoms with van der Waals surface area (Å²) in [5, 5.41) is 12.4. The molecule has 0 spiro atoms. The topological polar surface area (TPSA) is 120 Å². The van der Waals surface area contributed by atoms with Crippen LogP contribution in [0.25, 0.3) is 0 Å². The second-order valence-corrected chi connectivity index (χ2v) is 7.04. The third-order valence-corrected chi connectivity index (χ3v) is 3.86. The number of nitrogens with one attached hydrogen (secondary N) is 1. The molecule has 1 aliphatic rings. The number of fused-ring (bicyclic) bond motifs is 1. The van der Waals surface area contributed by atoms with Crippen molar-refractivity contribution in [3.05, 3.63) is 29.3 Å². The summed E-state index contributed by atoms with van der Waals surface area (Å²) in [6.07, 6.45) is -2.40. The molecule has 2 N–H and O–H groups in total. The van der Waals surface area contributed by atoms with Gasteiger partial charge in [-0.3, -0.25) is 4.79 Å². The number of hydrogen-bond acceptors (Lipinski definition) is 8. The van der Waals surface area contributed by atoms with E-state index in [1.54, 1.807) is 19.9 Å². The monoisotopic (exact) mass is 429 g/mol. The molecule has 1 aromatic rings. The molecule has 0 saturated heterocycles. The maximum absolute atomic E-state index is 13.0. The number of para-hydroxylation sites is 1. The molecule has 1 aliphatic heterocycles. The largest absolute Gasteiger partial charge is 0.547 e. The van der Waals surface area contributed by atoms with Crippen molar-refractivity contribution >= 4 is 25.2 Å². The zero-order valence-corrected chi connectivity index (χ0v) is 16.6. The lowest BCUT2D eigenvalue weighted by atomic mass is 9.72. The highest BCUT2D eigenvalue weighted by atomic mass is 19.3. The minimum absolute atomic E-state index is 0.0195. The predicted octanol–water partition coefficient (Wildman–Crippen LogP) is 1.85. The molecule has 0 aromatic heterocycles. The van der Waals surface area contributed by atoms with Crippen LogP contribution >= 0.6 is 0 Å². The van der Waals surface area contributed by atoms with Gasteiger partial charge >= 0.3 is 19.2 Å². The van der Waals surface area contributed by atoms with E-state index in [1.807, 2.05) is 0 Å². The summed E-state index contributed by atoms with van der Waals surface area (Å²) in [6.45, 7) is 3.16. The molecule has 30 heavy (non-hydrogen) atoms. The van der Waals surface area contributed by atoms with Gasteiger partial charge in [0, 0.05) is 0 Å². The van der Waals surface area contributed by atoms with Gasteiger partial charge in [-0.15, -0.1) is 0 Å². The van der Waals surface area contributed by atoms with Crippen LogP contribution in [0.4, 0.5) is 13.6 Å². The summed E-state index contributed by atoms with van der Waals surface area (Å²) in [6, 6.07) is 4.47. The molecule has 2 rings (SSSR count). The summed E-state index contributed by atoms with van der Waals surface area (Å²) in [4.78, 5) is 35.3. The quantitative estimate of drug-likeness (QED) is 0.383. The summed E-state index contributed by atoms with van der Waals surface area (Å²) < 4.78 is 45.5. The molecule has 1 amide bonds. The van der Waals surface area contributed by atoms with Crippen molar-refractivity contribution in [1.29, 1.82) is 0 Å². The third-order valence-electron chi connectivity index (χ3n) is 3.86. The van der Waals surface area contributed by atoms with Gasteiger partial charge in [-0.05, 0) is 38.8 Å². The molecule has 0 aliphatic carbocycles. The minimum atomic E-state index is -3.19. The number of ether oxygens (including phenoxy) is 3. The Morgan fingerprint density at radius 1 is 1.33 bits per heavy atom. The highest BCUT2D eigenvalue weighted by Gasteiger charge is 2.39. The zero-order valence-electron chi connectivity index (χ0n) is 16.6. The van der Waals surface area contributed by atoms with E-state index < -0.39 is 56.3 Å². The zero-order chi connectivity index (χ0) is 22.5. The summed E-state index contributed by atoms with van der Waals surface area (Å²) in [7, 11) is -1.57. The molecule has 1 heterocycles. The van der Waals surface area contributed by atoms with Gasteiger partial charge in [0.2, 0.25) is 12.7 Å². The van der Waals surface area contributed by atoms with Crippen LogP contribution < -0.4 is 9.97 Å². The van der Waals surface area contributed by atoms with E-state index in [-0.39, 0.29) is 17.7 Å². The van der Waals surface area contributed by atoms with Gasteiger partial charge in [-0.25, -0.2) is 18.4 Å². The Morgan fingerprint density at radius 3 is 2.67 bits per heavy atom. The third kappa shape index (κ3) is 6.87. The van der Waals surface area contributed by atoms with Gasteiger partial charge in [0.15, 0.2) is 0 Å². The summed E-state index contributed by atoms with van der Waals surface area (Å²) >= 11 is 0. The van der Waals surface area contributed by atoms with Crippen LogP contribution in [0.1, 0.15) is 43.1 Å². The SMILES string of the molecule is CC(C)OC(=O)OCOC(=O)c1cccc2c1OB(O)[C@@H](NC(=O)CC(C)(F)F)C2. The highest BCUT2D eigenvalue weighted by molar-refractivity contribution is 6.47. The van der Waals surface area contributed by atoms with Crippen molar-refractivity contribution in [3.63, 3.8) is 0 Å². The first-order chi connectivity index (χ1) is 14.0. The number of benzene rings is 1. The molecule has 0 radical (unpaired) electrons. The average molecular weight is 429 g/mol. The maximum Gasteiger partial charge on any atom is 0.547 e. The van der Waals surface area contributed by atoms with Gasteiger partial charge in [0.1, 0.15) is 11.3 Å². The molecule has 0 saturated carbocycles. The van der Waals surface area contributed by atoms with Gasteiger partial charge in [0.05, 0.1) is 18.5 Å². The van der Waals surface area contributed by atoms with Crippen molar-refractivity contribution in [2.24, 2.45) is 0 Å². The van der Waals surface area contributed by atoms with E-state index in [9.17, 15) is 28.2 Å². The van der Waals surface area contributed by atoms with E-state index >= 15 is 0 Å². The van der Waals surface area contributed by atoms with Crippen molar-refractivity contribution in [3.8, 4) is 5.75 Å². The van der Waals surface area contributed by atoms with Crippen molar-refractivity contribution in [1.82, 2.24) is 5.32 Å². The summed E-state index contributed by atoms with van der Waals surface area (Å²) in [5.74, 6) is -5.98. The summed E-state index contributed by atoms with van der Waals surface area (Å²) in [5.41, 5.74) is 0.403. The fourth-order valence-electron chi connectivity index (χ4n) is 2.68. The second-order valence-electron chi connectivity index (χ2n) is 7.04. The van der Waals surface area contributed by atoms with Crippen molar-refractivity contribution < 1.29 is 47.1 Å². The van der Waals surface area contributed by atoms with E-state index in [0.717, 1.165) is 0 Å². The molecule has 12 heteroatoms. The number of carbonyl (C=O) groups is 3. The lowest BCUT2D eigenvalue weighted by Gasteiger charge is -2.29. The lowest BCUT2D eigenvalue weighted by molar-refractivity contribution is -0.127. The smallest absolute Gasteiger partial charge is 0.534 e. The van der Waals surface area contributed by atoms with E-state index in [1.165, 1.54) is 12.1 Å². The Balaban J connectivity index is 2.01. The second kappa shape index (κ2) is 9.74. The van der Waals surface area contributed by atoms with Crippen LogP contribution in [0.15, 0.2) is 18.2 Å². The van der Waals surface area contributed by atoms with Crippen LogP contribution in [0.2, 0.25) is 0 Å². The number of hydrogen-bond donors (Lipinski definition) is 2. The fourth-order valence-corrected chi connectivity index (χ4v) is 2.68. The molecular weight excluding hydrogens is 407 g/mol. The normalized spacial score (nSPS) is 15.7. The Hall–Kier alpha value is -2.89. The predicted molar refractivity (Wildman–Crippen MR) is 98.9 cm³/mol. The first kappa shape index (κ1) is 23.4. The molecule has 1 atom stereocenters. The first-order valence-corrected chi connectivity index (χ1v) is 9.10. The lowest BCUT2D eigenvalue weighted by Crippen LogP contribution is -2.53. The van der Waals surface area contributed by atoms with Gasteiger partial charge in [-0.1, -0.05) is 12.1 Å². The van der Waals surface area contributed by atoms with Crippen molar-refractivity contribution in [2.75, 3.05) is 6.79 Å². The maximum atomic E-state index is 13.0. The Labute approximate surface area is 171 Å². The van der Waals surface area contributed by atoms with Crippen LogP contribution in [0, 0.1) is 0 Å². The van der Waals surface area contributed by atoms with Crippen LogP contribution in [-0.2, 0) is 25.4 Å². The first-order valence-electron chi connectivity index (χ1n) is 9.10. The molecule has 164 valence electrons. The molecule has 9 nitrogen and oxygen atoms in total. The number of esters is 1. The Kier molecular flexibility index (Phi) is 7.60. The van der Waals surface area contributed by atoms with E-state index in [4.69, 9.17) is 14.1 Å². The van der Waals surface area contributed by atoms with Crippen LogP contribution in [-0.4, -0.2) is 54.9 Å². The number of amides is 1. The van der Waals surface area contributed by atoms with E-state index in [0.29, 0.717) is 12.5 Å². The number of rotatable bonds is 7. The number of carbonyl (C=O) groups excluding carboxylic acids is 3. The Morgan fingerprint density at radius 2 is 2.03 bits per heavy atom. The van der Waals surface area contributed by atoms with Crippen molar-refractivity contribution in [2.45, 2.75) is 51.6 Å². The minimum Gasteiger partial charge on any atom is -0.534 e. The molecule has 0 bridgehead atoms. The van der Waals surface area contributed by atoms with E-state index in [2.05, 4.69) is 10.1 Å². The number of halogens is 2. The Bertz CT molecular complexity index is 799. The fraction of sp³-hybridized carbons (Fsp3) is 0.500. The molecule has 0 unspecified atom stereocenters. The van der Waals surface area contributed by atoms with Gasteiger partial charge < -0.3 is 29.2 Å². The molecule has 1 aromatic carbocycles. The average Bonchev–Trinajstić information content (AvgIpc) is 2.59. The highest BCUT2D eigenvalue weighted by Crippen LogP contribution is 2.31. The van der Waals surface area contributed by atoms with Crippen LogP contribution in [0.3, 0.4) is 0 Å². The van der Waals surface area contributed by atoms with Crippen LogP contribution in [0.5, 0.6) is 5.75 Å². The van der Waals surface area contributed by atoms with Gasteiger partial charge in [-0.2, -0.15) is 0 Å². The number of alkyl halides is 2. The molecular formula is C18H22BF2NO8. The molecule has 0 fully saturated rings. The standard InChI is InChI=1S/C18H22BF2NO8/c1-10(2)29-17(25)28-9-27-16(24)12-6-4-5-11-7-13(19(26)30-15(11)12)22-14(23)8-18(3,20)21/h4-6,10,13,26H,7-9H2,1-3H3,(H,22,23)/t13-/m0/s1. The van der Waals surface area contributed by atoms with Gasteiger partial charge in [0.25, 0.3) is 5.92 Å².